The van der Waals surface area contributed by atoms with Crippen molar-refractivity contribution in [1.82, 2.24) is 0 Å². The van der Waals surface area contributed by atoms with E-state index in [9.17, 15) is 4.79 Å². The van der Waals surface area contributed by atoms with E-state index in [2.05, 4.69) is 31.3 Å². The molecule has 0 aliphatic carbocycles. The van der Waals surface area contributed by atoms with Gasteiger partial charge in [0, 0.05) is 5.69 Å². The molecule has 1 atom stereocenters. The molecule has 0 saturated carbocycles. The third-order valence-electron chi connectivity index (χ3n) is 3.87. The molecule has 0 heterocycles. The molecular formula is C20H25NO2. The minimum atomic E-state index is -0.561. The molecule has 122 valence electrons. The fourth-order valence-corrected chi connectivity index (χ4v) is 2.41. The van der Waals surface area contributed by atoms with Crippen LogP contribution in [0.4, 0.5) is 5.69 Å². The first-order valence-corrected chi connectivity index (χ1v) is 8.02. The number of carbonyl (C=O) groups is 1. The van der Waals surface area contributed by atoms with E-state index in [0.717, 1.165) is 28.1 Å². The van der Waals surface area contributed by atoms with Crippen molar-refractivity contribution in [3.05, 3.63) is 59.2 Å². The lowest BCUT2D eigenvalue weighted by atomic mass is 10.0. The van der Waals surface area contributed by atoms with Crippen LogP contribution in [-0.4, -0.2) is 12.0 Å². The summed E-state index contributed by atoms with van der Waals surface area (Å²) in [6.45, 7) is 10.0. The first kappa shape index (κ1) is 17.1. The van der Waals surface area contributed by atoms with Crippen molar-refractivity contribution in [2.75, 3.05) is 5.32 Å². The predicted octanol–water partition coefficient (Wildman–Crippen LogP) is 4.83. The third-order valence-corrected chi connectivity index (χ3v) is 3.87. The fourth-order valence-electron chi connectivity index (χ4n) is 2.41. The zero-order valence-electron chi connectivity index (χ0n) is 14.5. The molecule has 0 spiro atoms. The highest BCUT2D eigenvalue weighted by atomic mass is 16.5. The second-order valence-electron chi connectivity index (χ2n) is 6.26. The Kier molecular flexibility index (Phi) is 5.43. The standard InChI is InChI=1S/C20H25NO2/c1-13(2)17-11-10-14(3)12-19(17)23-16(5)20(22)21-18-9-7-6-8-15(18)4/h6-13,16H,1-5H3,(H,21,22). The van der Waals surface area contributed by atoms with E-state index in [1.165, 1.54) is 0 Å². The monoisotopic (exact) mass is 311 g/mol. The number of amides is 1. The van der Waals surface area contributed by atoms with Gasteiger partial charge in [-0.15, -0.1) is 0 Å². The summed E-state index contributed by atoms with van der Waals surface area (Å²) in [7, 11) is 0. The van der Waals surface area contributed by atoms with Gasteiger partial charge in [0.15, 0.2) is 6.10 Å². The Balaban J connectivity index is 2.13. The molecule has 0 bridgehead atoms. The van der Waals surface area contributed by atoms with Crippen LogP contribution < -0.4 is 10.1 Å². The molecule has 1 unspecified atom stereocenters. The Morgan fingerprint density at radius 3 is 2.39 bits per heavy atom. The summed E-state index contributed by atoms with van der Waals surface area (Å²) in [5, 5.41) is 2.93. The van der Waals surface area contributed by atoms with E-state index in [4.69, 9.17) is 4.74 Å². The molecule has 0 saturated heterocycles. The van der Waals surface area contributed by atoms with Crippen LogP contribution in [0.15, 0.2) is 42.5 Å². The molecule has 23 heavy (non-hydrogen) atoms. The predicted molar refractivity (Wildman–Crippen MR) is 95.2 cm³/mol. The van der Waals surface area contributed by atoms with Gasteiger partial charge in [0.2, 0.25) is 0 Å². The molecule has 0 radical (unpaired) electrons. The van der Waals surface area contributed by atoms with Gasteiger partial charge in [0.25, 0.3) is 5.91 Å². The zero-order chi connectivity index (χ0) is 17.0. The van der Waals surface area contributed by atoms with Crippen molar-refractivity contribution in [2.24, 2.45) is 0 Å². The van der Waals surface area contributed by atoms with E-state index in [1.807, 2.05) is 44.2 Å². The molecule has 3 heteroatoms. The number of hydrogen-bond acceptors (Lipinski definition) is 2. The number of para-hydroxylation sites is 1. The Morgan fingerprint density at radius 1 is 1.04 bits per heavy atom. The number of aryl methyl sites for hydroxylation is 2. The van der Waals surface area contributed by atoms with Crippen LogP contribution in [0.1, 0.15) is 43.4 Å². The second-order valence-corrected chi connectivity index (χ2v) is 6.26. The highest BCUT2D eigenvalue weighted by molar-refractivity contribution is 5.94. The molecule has 1 amide bonds. The van der Waals surface area contributed by atoms with E-state index >= 15 is 0 Å². The van der Waals surface area contributed by atoms with Gasteiger partial charge in [0.05, 0.1) is 0 Å². The van der Waals surface area contributed by atoms with Crippen LogP contribution in [0.3, 0.4) is 0 Å². The van der Waals surface area contributed by atoms with Gasteiger partial charge in [-0.25, -0.2) is 0 Å². The highest BCUT2D eigenvalue weighted by Crippen LogP contribution is 2.28. The van der Waals surface area contributed by atoms with Crippen LogP contribution in [0.5, 0.6) is 5.75 Å². The summed E-state index contributed by atoms with van der Waals surface area (Å²) >= 11 is 0. The van der Waals surface area contributed by atoms with Crippen molar-refractivity contribution >= 4 is 11.6 Å². The lowest BCUT2D eigenvalue weighted by Crippen LogP contribution is -2.30. The van der Waals surface area contributed by atoms with E-state index in [0.29, 0.717) is 5.92 Å². The normalized spacial score (nSPS) is 12.1. The Morgan fingerprint density at radius 2 is 1.74 bits per heavy atom. The lowest BCUT2D eigenvalue weighted by Gasteiger charge is -2.19. The second kappa shape index (κ2) is 7.32. The van der Waals surface area contributed by atoms with Crippen molar-refractivity contribution in [1.29, 1.82) is 0 Å². The van der Waals surface area contributed by atoms with Crippen LogP contribution >= 0.6 is 0 Å². The van der Waals surface area contributed by atoms with Gasteiger partial charge in [-0.05, 0) is 55.5 Å². The molecule has 3 nitrogen and oxygen atoms in total. The first-order chi connectivity index (χ1) is 10.9. The Labute approximate surface area is 138 Å². The SMILES string of the molecule is Cc1ccc(C(C)C)c(OC(C)C(=O)Nc2ccccc2C)c1. The van der Waals surface area contributed by atoms with Crippen LogP contribution in [0.25, 0.3) is 0 Å². The Hall–Kier alpha value is -2.29. The molecule has 2 rings (SSSR count). The number of hydrogen-bond donors (Lipinski definition) is 1. The van der Waals surface area contributed by atoms with E-state index < -0.39 is 6.10 Å². The van der Waals surface area contributed by atoms with Crippen molar-refractivity contribution in [3.63, 3.8) is 0 Å². The number of ether oxygens (including phenoxy) is 1. The quantitative estimate of drug-likeness (QED) is 0.858. The summed E-state index contributed by atoms with van der Waals surface area (Å²) in [6, 6.07) is 13.9. The van der Waals surface area contributed by atoms with Gasteiger partial charge >= 0.3 is 0 Å². The highest BCUT2D eigenvalue weighted by Gasteiger charge is 2.18. The number of rotatable bonds is 5. The van der Waals surface area contributed by atoms with Crippen molar-refractivity contribution in [3.8, 4) is 5.75 Å². The minimum absolute atomic E-state index is 0.143. The number of benzene rings is 2. The molecule has 1 N–H and O–H groups in total. The van der Waals surface area contributed by atoms with Crippen LogP contribution in [0, 0.1) is 13.8 Å². The summed E-state index contributed by atoms with van der Waals surface area (Å²) in [4.78, 5) is 12.4. The van der Waals surface area contributed by atoms with Crippen LogP contribution in [0.2, 0.25) is 0 Å². The smallest absolute Gasteiger partial charge is 0.265 e. The molecule has 0 aliphatic rings. The lowest BCUT2D eigenvalue weighted by molar-refractivity contribution is -0.122. The summed E-state index contributed by atoms with van der Waals surface area (Å²) in [6.07, 6.45) is -0.561. The maximum atomic E-state index is 12.4. The molecule has 0 aromatic heterocycles. The average molecular weight is 311 g/mol. The maximum Gasteiger partial charge on any atom is 0.265 e. The number of nitrogens with one attached hydrogen (secondary N) is 1. The van der Waals surface area contributed by atoms with E-state index in [-0.39, 0.29) is 5.91 Å². The molecular weight excluding hydrogens is 286 g/mol. The third kappa shape index (κ3) is 4.35. The van der Waals surface area contributed by atoms with Gasteiger partial charge in [0.1, 0.15) is 5.75 Å². The van der Waals surface area contributed by atoms with Gasteiger partial charge in [-0.1, -0.05) is 44.2 Å². The number of anilines is 1. The number of carbonyl (C=O) groups excluding carboxylic acids is 1. The van der Waals surface area contributed by atoms with Gasteiger partial charge < -0.3 is 10.1 Å². The maximum absolute atomic E-state index is 12.4. The van der Waals surface area contributed by atoms with E-state index in [1.54, 1.807) is 6.92 Å². The molecule has 2 aromatic carbocycles. The summed E-state index contributed by atoms with van der Waals surface area (Å²) < 4.78 is 5.95. The average Bonchev–Trinajstić information content (AvgIpc) is 2.49. The zero-order valence-corrected chi connectivity index (χ0v) is 14.5. The summed E-state index contributed by atoms with van der Waals surface area (Å²) in [5.74, 6) is 0.986. The summed E-state index contributed by atoms with van der Waals surface area (Å²) in [5.41, 5.74) is 4.09. The largest absolute Gasteiger partial charge is 0.481 e. The topological polar surface area (TPSA) is 38.3 Å². The van der Waals surface area contributed by atoms with Crippen LogP contribution in [-0.2, 0) is 4.79 Å². The first-order valence-electron chi connectivity index (χ1n) is 8.02. The van der Waals surface area contributed by atoms with Gasteiger partial charge in [-0.2, -0.15) is 0 Å². The Bertz CT molecular complexity index is 692. The van der Waals surface area contributed by atoms with Crippen molar-refractivity contribution < 1.29 is 9.53 Å². The van der Waals surface area contributed by atoms with Gasteiger partial charge in [-0.3, -0.25) is 4.79 Å². The molecule has 0 fully saturated rings. The molecule has 0 aliphatic heterocycles. The molecule has 2 aromatic rings. The minimum Gasteiger partial charge on any atom is -0.481 e. The fraction of sp³-hybridized carbons (Fsp3) is 0.350. The van der Waals surface area contributed by atoms with Crippen molar-refractivity contribution in [2.45, 2.75) is 46.6 Å².